The van der Waals surface area contributed by atoms with Crippen LogP contribution in [-0.2, 0) is 19.6 Å². The molecule has 0 aliphatic carbocycles. The molecule has 520 valence electrons. The Labute approximate surface area is 593 Å². The van der Waals surface area contributed by atoms with Gasteiger partial charge in [0.2, 0.25) is 29.7 Å². The minimum atomic E-state index is -0.513. The molecule has 0 fully saturated rings. The van der Waals surface area contributed by atoms with Crippen LogP contribution in [-0.4, -0.2) is 112 Å². The van der Waals surface area contributed by atoms with Gasteiger partial charge >= 0.3 is 0 Å². The third-order valence-corrected chi connectivity index (χ3v) is 16.7. The van der Waals surface area contributed by atoms with Crippen LogP contribution in [0.3, 0.4) is 0 Å². The fourth-order valence-electron chi connectivity index (χ4n) is 11.9. The van der Waals surface area contributed by atoms with E-state index in [1.165, 1.54) is 4.90 Å². The lowest BCUT2D eigenvalue weighted by Crippen LogP contribution is -2.33. The molecule has 4 amide bonds. The first-order valence-corrected chi connectivity index (χ1v) is 32.7. The third-order valence-electron chi connectivity index (χ3n) is 16.7. The molecule has 0 saturated carbocycles. The van der Waals surface area contributed by atoms with Crippen LogP contribution >= 0.6 is 0 Å². The van der Waals surface area contributed by atoms with Gasteiger partial charge in [0, 0.05) is 77.1 Å². The van der Waals surface area contributed by atoms with Crippen LogP contribution in [0.1, 0.15) is 88.2 Å². The number of amides is 4. The molecule has 11 N–H and O–H groups in total. The third kappa shape index (κ3) is 15.8. The van der Waals surface area contributed by atoms with Gasteiger partial charge in [-0.25, -0.2) is 15.0 Å². The highest BCUT2D eigenvalue weighted by Crippen LogP contribution is 2.33. The maximum atomic E-state index is 12.7. The van der Waals surface area contributed by atoms with Crippen molar-refractivity contribution in [3.05, 3.63) is 268 Å². The molecule has 0 radical (unpaired) electrons. The zero-order valence-corrected chi connectivity index (χ0v) is 56.1. The van der Waals surface area contributed by atoms with E-state index in [4.69, 9.17) is 52.1 Å². The number of nitrogens with one attached hydrogen (secondary N) is 3. The second kappa shape index (κ2) is 32.6. The quantitative estimate of drug-likeness (QED) is 0.0276. The number of fused-ring (bicyclic) bond motifs is 4. The monoisotopic (exact) mass is 1380 g/mol. The summed E-state index contributed by atoms with van der Waals surface area (Å²) in [6.45, 7) is 9.11. The number of nitrogens with zero attached hydrogens (tertiary/aromatic N) is 11. The number of primary amides is 2. The van der Waals surface area contributed by atoms with E-state index in [-0.39, 0.29) is 32.4 Å². The molecule has 25 nitrogen and oxygen atoms in total. The van der Waals surface area contributed by atoms with Gasteiger partial charge in [0.05, 0.1) is 64.4 Å². The summed E-state index contributed by atoms with van der Waals surface area (Å²) in [6.07, 6.45) is 4.85. The van der Waals surface area contributed by atoms with Crippen LogP contribution in [0, 0.1) is 32.1 Å². The molecular weight excluding hydrogens is 1300 g/mol. The van der Waals surface area contributed by atoms with E-state index < -0.39 is 11.8 Å². The number of nitriles is 1. The number of imide groups is 1. The number of carbonyl (C=O) groups is 4. The van der Waals surface area contributed by atoms with Gasteiger partial charge in [-0.1, -0.05) is 129 Å². The van der Waals surface area contributed by atoms with Gasteiger partial charge in [-0.15, -0.1) is 0 Å². The predicted molar refractivity (Wildman–Crippen MR) is 397 cm³/mol. The fourth-order valence-corrected chi connectivity index (χ4v) is 11.9. The number of carbonyl (C=O) groups excluding carboxylic acids is 4. The van der Waals surface area contributed by atoms with Crippen LogP contribution in [0.5, 0.6) is 17.2 Å². The van der Waals surface area contributed by atoms with E-state index in [2.05, 4.69) is 37.0 Å². The smallest absolute Gasteiger partial charge is 0.261 e. The summed E-state index contributed by atoms with van der Waals surface area (Å²) < 4.78 is 23.2. The van der Waals surface area contributed by atoms with E-state index in [9.17, 15) is 24.4 Å². The molecule has 0 saturated heterocycles. The lowest BCUT2D eigenvalue weighted by Gasteiger charge is -2.17. The molecule has 7 heterocycles. The van der Waals surface area contributed by atoms with Crippen molar-refractivity contribution in [1.29, 1.82) is 5.26 Å². The Bertz CT molecular complexity index is 5230. The zero-order valence-electron chi connectivity index (χ0n) is 56.1. The molecule has 1 aliphatic rings. The minimum Gasteiger partial charge on any atom is -0.487 e. The van der Waals surface area contributed by atoms with Gasteiger partial charge in [0.25, 0.3) is 11.8 Å². The van der Waals surface area contributed by atoms with Crippen LogP contribution in [0.15, 0.2) is 207 Å². The van der Waals surface area contributed by atoms with E-state index >= 15 is 0 Å². The molecular formula is C78H76N18O7. The molecule has 1 aliphatic heterocycles. The van der Waals surface area contributed by atoms with Gasteiger partial charge in [0.1, 0.15) is 19.8 Å². The van der Waals surface area contributed by atoms with Crippen molar-refractivity contribution in [1.82, 2.24) is 48.5 Å². The number of hydrogen-bond donors (Lipinski definition) is 7. The van der Waals surface area contributed by atoms with Crippen LogP contribution in [0.2, 0.25) is 0 Å². The molecule has 7 aromatic carbocycles. The Morgan fingerprint density at radius 1 is 0.456 bits per heavy atom. The van der Waals surface area contributed by atoms with E-state index in [1.807, 2.05) is 174 Å². The average molecular weight is 1380 g/mol. The maximum Gasteiger partial charge on any atom is 0.261 e. The van der Waals surface area contributed by atoms with Crippen LogP contribution in [0.4, 0.5) is 17.5 Å². The Hall–Kier alpha value is -13.3. The van der Waals surface area contributed by atoms with Gasteiger partial charge in [-0.05, 0) is 104 Å². The van der Waals surface area contributed by atoms with E-state index in [0.29, 0.717) is 132 Å². The molecule has 14 rings (SSSR count). The summed E-state index contributed by atoms with van der Waals surface area (Å²) in [4.78, 5) is 78.3. The average Bonchev–Trinajstić information content (AvgIpc) is 1.65. The van der Waals surface area contributed by atoms with Crippen molar-refractivity contribution in [2.24, 2.45) is 22.9 Å². The second-order valence-electron chi connectivity index (χ2n) is 23.5. The number of anilines is 3. The van der Waals surface area contributed by atoms with Gasteiger partial charge in [-0.3, -0.25) is 37.8 Å². The van der Waals surface area contributed by atoms with Crippen molar-refractivity contribution in [3.8, 4) is 41.2 Å². The van der Waals surface area contributed by atoms with Crippen molar-refractivity contribution >= 4 is 73.8 Å². The highest BCUT2D eigenvalue weighted by Gasteiger charge is 2.35. The molecule has 103 heavy (non-hydrogen) atoms. The summed E-state index contributed by atoms with van der Waals surface area (Å²) in [5.74, 6) is 2.72. The van der Waals surface area contributed by atoms with Crippen molar-refractivity contribution in [2.45, 2.75) is 47.8 Å². The van der Waals surface area contributed by atoms with Gasteiger partial charge in [-0.2, -0.15) is 20.2 Å². The first-order valence-electron chi connectivity index (χ1n) is 32.7. The van der Waals surface area contributed by atoms with Crippen LogP contribution in [0.25, 0.3) is 50.6 Å². The molecule has 6 aromatic heterocycles. The number of hydrogen-bond acceptors (Lipinski definition) is 19. The fraction of sp³-hybridized carbons (Fsp3) is 0.167. The lowest BCUT2D eigenvalue weighted by molar-refractivity contribution is 0.0630. The van der Waals surface area contributed by atoms with Crippen molar-refractivity contribution in [2.75, 3.05) is 55.4 Å². The number of benzene rings is 7. The van der Waals surface area contributed by atoms with Gasteiger partial charge < -0.3 is 53.1 Å². The lowest BCUT2D eigenvalue weighted by atomic mass is 10.1. The molecule has 13 aromatic rings. The zero-order chi connectivity index (χ0) is 71.2. The summed E-state index contributed by atoms with van der Waals surface area (Å²) >= 11 is 0. The van der Waals surface area contributed by atoms with Crippen LogP contribution < -0.4 is 53.1 Å². The Morgan fingerprint density at radius 2 is 0.796 bits per heavy atom. The highest BCUT2D eigenvalue weighted by atomic mass is 16.5. The minimum absolute atomic E-state index is 0. The number of nitrogens with two attached hydrogens (primary N) is 4. The standard InChI is InChI=1S/C31H26N6O4.C23H24N6O2.C23H22N6O.CH4/c1-19-16-24-21(27(32)38)12-7-13-25(24)37(19)31-34-18-26(28(35-31)33-17-20-8-3-2-4-9-20)41-15-14-36-29(39)22-10-5-6-11-23(22)30(36)40;1-15-12-18-17(21(25)30)8-5-9-19(18)29(15)23-27-14-20(31-11-10-24)22(28-23)26-13-16-6-3-2-4-7-16;1-16-12-19-18(13-25)8-5-9-20(19)29(16)23-27-15-21(30-11-10-24)22(28-23)26-14-17-6-3-2-4-7-17;/h2-13,16,18H,14-15,17H2,1H3,(H2,32,38)(H,33,34,35);2-9,12,14H,10-11,13,24H2,1H3,(H2,25,30)(H,26,27,28);2-9,12,15H,10-11,14,24H2,1H3,(H,26,27,28);1H4. The molecule has 25 heteroatoms. The first-order chi connectivity index (χ1) is 49.7. The Kier molecular flexibility index (Phi) is 22.5. The molecule has 0 atom stereocenters. The van der Waals surface area contributed by atoms with E-state index in [1.54, 1.807) is 67.1 Å². The molecule has 0 spiro atoms. The highest BCUT2D eigenvalue weighted by molar-refractivity contribution is 6.21. The number of rotatable bonds is 24. The summed E-state index contributed by atoms with van der Waals surface area (Å²) in [7, 11) is 0. The number of ether oxygens (including phenoxy) is 3. The Balaban J connectivity index is 0.000000157. The molecule has 0 bridgehead atoms. The molecule has 0 unspecified atom stereocenters. The maximum absolute atomic E-state index is 12.7. The predicted octanol–water partition coefficient (Wildman–Crippen LogP) is 11.1. The summed E-state index contributed by atoms with van der Waals surface area (Å²) in [5, 5.41) is 21.8. The normalized spacial score (nSPS) is 11.4. The van der Waals surface area contributed by atoms with Crippen molar-refractivity contribution in [3.63, 3.8) is 0 Å². The van der Waals surface area contributed by atoms with Gasteiger partial charge in [0.15, 0.2) is 34.7 Å². The number of aromatic nitrogens is 9. The van der Waals surface area contributed by atoms with Crippen molar-refractivity contribution < 1.29 is 33.4 Å². The first kappa shape index (κ1) is 71.0. The topological polar surface area (TPSA) is 355 Å². The largest absolute Gasteiger partial charge is 0.487 e. The number of aryl methyl sites for hydroxylation is 3. The summed E-state index contributed by atoms with van der Waals surface area (Å²) in [6, 6.07) is 61.1. The Morgan fingerprint density at radius 3 is 1.16 bits per heavy atom. The summed E-state index contributed by atoms with van der Waals surface area (Å²) in [5.41, 5.74) is 33.0. The SMILES string of the molecule is C.Cc1cc2c(C#N)cccc2n1-c1ncc(OCCN)c(NCc2ccccc2)n1.Cc1cc2c(C(N)=O)cccc2n1-c1ncc(OCCN)c(NCc2ccccc2)n1.Cc1cc2c(C(N)=O)cccc2n1-c1ncc(OCCN2C(=O)c3ccccc3C2=O)c(NCc2ccccc2)n1. The van der Waals surface area contributed by atoms with E-state index in [0.717, 1.165) is 61.1 Å². The second-order valence-corrected chi connectivity index (χ2v) is 23.5.